The van der Waals surface area contributed by atoms with Crippen molar-refractivity contribution >= 4 is 23.5 Å². The van der Waals surface area contributed by atoms with Crippen LogP contribution in [0.5, 0.6) is 0 Å². The normalized spacial score (nSPS) is 37.3. The molecule has 1 N–H and O–H groups in total. The molecule has 51 heavy (non-hydrogen) atoms. The van der Waals surface area contributed by atoms with E-state index in [-0.39, 0.29) is 39.6 Å². The summed E-state index contributed by atoms with van der Waals surface area (Å²) < 4.78 is 12.8. The third-order valence-corrected chi connectivity index (χ3v) is 16.2. The van der Waals surface area contributed by atoms with Crippen LogP contribution in [-0.4, -0.2) is 33.3 Å². The molecule has 7 rings (SSSR count). The molecule has 1 aromatic carbocycles. The van der Waals surface area contributed by atoms with E-state index >= 15 is 0 Å². The maximum atomic E-state index is 13.1. The zero-order valence-corrected chi connectivity index (χ0v) is 33.1. The molecule has 5 aliphatic rings. The molecule has 0 spiro atoms. The summed E-state index contributed by atoms with van der Waals surface area (Å²) >= 11 is 6.19. The summed E-state index contributed by atoms with van der Waals surface area (Å²) in [5.74, 6) is 1.94. The van der Waals surface area contributed by atoms with Crippen LogP contribution in [0.1, 0.15) is 139 Å². The van der Waals surface area contributed by atoms with Gasteiger partial charge in [-0.25, -0.2) is 0 Å². The average Bonchev–Trinajstić information content (AvgIpc) is 3.70. The van der Waals surface area contributed by atoms with Crippen molar-refractivity contribution < 1.29 is 23.8 Å². The number of hydrogen-bond acceptors (Lipinski definition) is 6. The predicted octanol–water partition coefficient (Wildman–Crippen LogP) is 10.9. The molecule has 0 amide bonds. The van der Waals surface area contributed by atoms with Crippen molar-refractivity contribution in [3.05, 3.63) is 46.3 Å². The highest BCUT2D eigenvalue weighted by atomic mass is 35.5. The number of carbonyl (C=O) groups excluding carboxylic acids is 1. The number of carboxylic acid groups (broad SMARTS) is 1. The quantitative estimate of drug-likeness (QED) is 0.224. The molecule has 8 unspecified atom stereocenters. The van der Waals surface area contributed by atoms with Gasteiger partial charge in [0.15, 0.2) is 0 Å². The summed E-state index contributed by atoms with van der Waals surface area (Å²) in [5, 5.41) is 19.7. The minimum absolute atomic E-state index is 0.112. The van der Waals surface area contributed by atoms with Crippen molar-refractivity contribution in [3.63, 3.8) is 0 Å². The molecular formula is C43H59ClN2O5. The third-order valence-electron chi connectivity index (χ3n) is 16.0. The van der Waals surface area contributed by atoms with Crippen LogP contribution in [0.3, 0.4) is 0 Å². The van der Waals surface area contributed by atoms with E-state index in [4.69, 9.17) is 25.9 Å². The van der Waals surface area contributed by atoms with Gasteiger partial charge in [-0.05, 0) is 142 Å². The van der Waals surface area contributed by atoms with Gasteiger partial charge in [-0.1, -0.05) is 71.2 Å². The van der Waals surface area contributed by atoms with Crippen LogP contribution >= 0.6 is 11.6 Å². The van der Waals surface area contributed by atoms with Gasteiger partial charge in [0.2, 0.25) is 11.8 Å². The minimum Gasteiger partial charge on any atom is -0.481 e. The number of carboxylic acids is 1. The van der Waals surface area contributed by atoms with Gasteiger partial charge in [0.1, 0.15) is 6.10 Å². The van der Waals surface area contributed by atoms with Gasteiger partial charge in [-0.3, -0.25) is 9.59 Å². The first-order valence-electron chi connectivity index (χ1n) is 19.6. The number of aromatic nitrogens is 2. The Kier molecular flexibility index (Phi) is 8.76. The third kappa shape index (κ3) is 5.39. The highest BCUT2D eigenvalue weighted by molar-refractivity contribution is 6.30. The molecule has 0 saturated heterocycles. The number of aliphatic carboxylic acids is 1. The highest BCUT2D eigenvalue weighted by Crippen LogP contribution is 2.77. The maximum Gasteiger partial charge on any atom is 0.309 e. The first-order chi connectivity index (χ1) is 23.8. The van der Waals surface area contributed by atoms with Gasteiger partial charge >= 0.3 is 11.9 Å². The molecule has 278 valence electrons. The van der Waals surface area contributed by atoms with E-state index in [0.29, 0.717) is 34.6 Å². The fraction of sp³-hybridized carbons (Fsp3) is 0.721. The number of halogens is 1. The van der Waals surface area contributed by atoms with Crippen molar-refractivity contribution in [1.29, 1.82) is 0 Å². The Balaban J connectivity index is 1.18. The van der Waals surface area contributed by atoms with Crippen LogP contribution in [0, 0.1) is 50.7 Å². The summed E-state index contributed by atoms with van der Waals surface area (Å²) in [7, 11) is 0. The lowest BCUT2D eigenvalue weighted by molar-refractivity contribution is -0.232. The van der Waals surface area contributed by atoms with Gasteiger partial charge in [0, 0.05) is 16.0 Å². The Hall–Kier alpha value is -2.67. The summed E-state index contributed by atoms with van der Waals surface area (Å²) in [6, 6.07) is 7.66. The number of allylic oxidation sites excluding steroid dienone is 2. The fourth-order valence-corrected chi connectivity index (χ4v) is 13.1. The molecule has 0 aliphatic heterocycles. The van der Waals surface area contributed by atoms with Crippen molar-refractivity contribution in [2.75, 3.05) is 0 Å². The molecule has 2 aromatic rings. The smallest absolute Gasteiger partial charge is 0.309 e. The second-order valence-corrected chi connectivity index (χ2v) is 19.9. The van der Waals surface area contributed by atoms with Gasteiger partial charge in [0.25, 0.3) is 0 Å². The lowest BCUT2D eigenvalue weighted by atomic mass is 9.33. The molecule has 8 atom stereocenters. The topological polar surface area (TPSA) is 103 Å². The molecular weight excluding hydrogens is 660 g/mol. The highest BCUT2D eigenvalue weighted by Gasteiger charge is 2.70. The number of fused-ring (bicyclic) bond motifs is 7. The van der Waals surface area contributed by atoms with Crippen molar-refractivity contribution in [2.24, 2.45) is 50.7 Å². The Morgan fingerprint density at radius 1 is 0.922 bits per heavy atom. The van der Waals surface area contributed by atoms with Gasteiger partial charge in [0.05, 0.1) is 17.3 Å². The summed E-state index contributed by atoms with van der Waals surface area (Å²) in [6.45, 7) is 20.4. The zero-order chi connectivity index (χ0) is 36.9. The Labute approximate surface area is 309 Å². The summed E-state index contributed by atoms with van der Waals surface area (Å²) in [5.41, 5.74) is 3.04. The number of carbonyl (C=O) groups is 2. The predicted molar refractivity (Wildman–Crippen MR) is 199 cm³/mol. The van der Waals surface area contributed by atoms with Crippen LogP contribution in [0.25, 0.3) is 11.5 Å². The maximum absolute atomic E-state index is 13.1. The number of esters is 1. The van der Waals surface area contributed by atoms with E-state index in [9.17, 15) is 14.7 Å². The average molecular weight is 719 g/mol. The Morgan fingerprint density at radius 3 is 2.29 bits per heavy atom. The van der Waals surface area contributed by atoms with Crippen molar-refractivity contribution in [3.8, 4) is 11.5 Å². The van der Waals surface area contributed by atoms with Crippen molar-refractivity contribution in [2.45, 2.75) is 144 Å². The van der Waals surface area contributed by atoms with E-state index in [2.05, 4.69) is 53.6 Å². The van der Waals surface area contributed by atoms with Crippen molar-refractivity contribution in [1.82, 2.24) is 10.2 Å². The molecule has 1 heterocycles. The Morgan fingerprint density at radius 2 is 1.63 bits per heavy atom. The van der Waals surface area contributed by atoms with E-state index in [1.165, 1.54) is 19.3 Å². The summed E-state index contributed by atoms with van der Waals surface area (Å²) in [4.78, 5) is 24.8. The lowest BCUT2D eigenvalue weighted by Gasteiger charge is -2.72. The molecule has 8 heteroatoms. The molecule has 0 bridgehead atoms. The van der Waals surface area contributed by atoms with E-state index in [0.717, 1.165) is 56.4 Å². The van der Waals surface area contributed by atoms with Crippen LogP contribution in [0.4, 0.5) is 0 Å². The second-order valence-electron chi connectivity index (χ2n) is 19.4. The van der Waals surface area contributed by atoms with E-state index < -0.39 is 17.4 Å². The van der Waals surface area contributed by atoms with Gasteiger partial charge < -0.3 is 14.3 Å². The molecule has 4 saturated carbocycles. The minimum atomic E-state index is -1.14. The Bertz CT molecular complexity index is 1740. The van der Waals surface area contributed by atoms with Crippen LogP contribution in [-0.2, 0) is 19.7 Å². The molecule has 5 aliphatic carbocycles. The number of ether oxygens (including phenoxy) is 1. The number of rotatable bonds is 7. The fourth-order valence-electron chi connectivity index (χ4n) is 12.9. The van der Waals surface area contributed by atoms with Crippen LogP contribution in [0.2, 0.25) is 5.02 Å². The van der Waals surface area contributed by atoms with E-state index in [1.807, 2.05) is 24.3 Å². The van der Waals surface area contributed by atoms with Crippen LogP contribution in [0.15, 0.2) is 39.8 Å². The first-order valence-corrected chi connectivity index (χ1v) is 19.9. The molecule has 7 nitrogen and oxygen atoms in total. The second kappa shape index (κ2) is 12.2. The van der Waals surface area contributed by atoms with Gasteiger partial charge in [-0.2, -0.15) is 0 Å². The number of hydrogen-bond donors (Lipinski definition) is 1. The monoisotopic (exact) mass is 718 g/mol. The van der Waals surface area contributed by atoms with Crippen LogP contribution < -0.4 is 0 Å². The molecule has 0 radical (unpaired) electrons. The van der Waals surface area contributed by atoms with Gasteiger partial charge in [-0.15, -0.1) is 10.2 Å². The lowest BCUT2D eigenvalue weighted by Crippen LogP contribution is -2.66. The number of nitrogens with zero attached hydrogens (tertiary/aromatic N) is 2. The molecule has 4 fully saturated rings. The molecule has 1 aromatic heterocycles. The number of benzene rings is 1. The standard InChI is InChI=1S/C43H59ClN2O5/c1-25(2)28-16-21-43(36-46-45-35(51-36)26-10-12-27(44)13-11-26)23-22-41(8)29(34(28)43)14-15-31-40(7)19-18-32(50-33(47)24-38(3,4)37(48)49)39(5,6)30(40)17-20-42(31,41)9/h10-13,25,29-32H,14-24H2,1-9H3,(H,48,49). The summed E-state index contributed by atoms with van der Waals surface area (Å²) in [6.07, 6.45) is 10.5. The first kappa shape index (κ1) is 36.7. The zero-order valence-electron chi connectivity index (χ0n) is 32.3. The SMILES string of the molecule is CC(C)C1=C2C3CCC4C5(C)CCC(OC(=O)CC(C)(C)C(=O)O)C(C)(C)C5CCC4(C)C3(C)CCC2(c2nnc(-c3ccc(Cl)cc3)o2)CC1. The largest absolute Gasteiger partial charge is 0.481 e. The van der Waals surface area contributed by atoms with E-state index in [1.54, 1.807) is 25.0 Å².